The summed E-state index contributed by atoms with van der Waals surface area (Å²) in [6.45, 7) is 6.42. The van der Waals surface area contributed by atoms with E-state index in [4.69, 9.17) is 0 Å². The minimum atomic E-state index is 0. The standard InChI is InChI=1S/C15H19N3S.ClH/c1-12-4-8-19-15(12)11-18-7-6-17-10-14(18)13-3-2-5-16-9-13;/h2-5,8-9,14,17H,6-7,10-11H2,1H3;1H. The van der Waals surface area contributed by atoms with Crippen molar-refractivity contribution >= 4 is 23.7 Å². The maximum atomic E-state index is 4.26. The van der Waals surface area contributed by atoms with Crippen LogP contribution in [0.3, 0.4) is 0 Å². The Balaban J connectivity index is 0.00000147. The molecule has 1 saturated heterocycles. The lowest BCUT2D eigenvalue weighted by Crippen LogP contribution is -2.45. The number of halogens is 1. The van der Waals surface area contributed by atoms with E-state index in [1.165, 1.54) is 16.0 Å². The van der Waals surface area contributed by atoms with Crippen molar-refractivity contribution in [1.82, 2.24) is 15.2 Å². The first-order chi connectivity index (χ1) is 9.34. The van der Waals surface area contributed by atoms with E-state index < -0.39 is 0 Å². The molecule has 0 aromatic carbocycles. The molecule has 1 fully saturated rings. The number of hydrogen-bond acceptors (Lipinski definition) is 4. The van der Waals surface area contributed by atoms with E-state index in [0.717, 1.165) is 26.2 Å². The van der Waals surface area contributed by atoms with Gasteiger partial charge in [-0.2, -0.15) is 0 Å². The summed E-state index contributed by atoms with van der Waals surface area (Å²) in [4.78, 5) is 8.30. The fourth-order valence-electron chi connectivity index (χ4n) is 2.59. The SMILES string of the molecule is Cc1ccsc1CN1CCNCC1c1cccnc1.Cl. The minimum absolute atomic E-state index is 0. The van der Waals surface area contributed by atoms with Crippen LogP contribution in [-0.4, -0.2) is 29.5 Å². The second-order valence-corrected chi connectivity index (χ2v) is 6.00. The summed E-state index contributed by atoms with van der Waals surface area (Å²) in [5, 5.41) is 5.68. The minimum Gasteiger partial charge on any atom is -0.314 e. The molecule has 1 aliphatic rings. The molecule has 0 spiro atoms. The first kappa shape index (κ1) is 15.4. The summed E-state index contributed by atoms with van der Waals surface area (Å²) >= 11 is 1.86. The molecule has 1 unspecified atom stereocenters. The van der Waals surface area contributed by atoms with Gasteiger partial charge in [-0.1, -0.05) is 6.07 Å². The van der Waals surface area contributed by atoms with Crippen LogP contribution in [0.4, 0.5) is 0 Å². The van der Waals surface area contributed by atoms with Crippen molar-refractivity contribution in [1.29, 1.82) is 0 Å². The van der Waals surface area contributed by atoms with Gasteiger partial charge in [0.15, 0.2) is 0 Å². The predicted octanol–water partition coefficient (Wildman–Crippen LogP) is 3.02. The van der Waals surface area contributed by atoms with Crippen LogP contribution in [0.25, 0.3) is 0 Å². The highest BCUT2D eigenvalue weighted by Crippen LogP contribution is 2.26. The average molecular weight is 310 g/mol. The lowest BCUT2D eigenvalue weighted by molar-refractivity contribution is 0.154. The van der Waals surface area contributed by atoms with Gasteiger partial charge in [-0.25, -0.2) is 0 Å². The van der Waals surface area contributed by atoms with E-state index in [1.54, 1.807) is 0 Å². The van der Waals surface area contributed by atoms with Gasteiger partial charge >= 0.3 is 0 Å². The Bertz CT molecular complexity index is 529. The van der Waals surface area contributed by atoms with Crippen LogP contribution in [0.1, 0.15) is 22.0 Å². The largest absolute Gasteiger partial charge is 0.314 e. The van der Waals surface area contributed by atoms with Crippen LogP contribution >= 0.6 is 23.7 Å². The zero-order valence-corrected chi connectivity index (χ0v) is 13.2. The van der Waals surface area contributed by atoms with Crippen molar-refractivity contribution in [2.45, 2.75) is 19.5 Å². The molecule has 1 aliphatic heterocycles. The van der Waals surface area contributed by atoms with Gasteiger partial charge in [0, 0.05) is 49.5 Å². The van der Waals surface area contributed by atoms with Crippen molar-refractivity contribution in [2.24, 2.45) is 0 Å². The molecule has 20 heavy (non-hydrogen) atoms. The fraction of sp³-hybridized carbons (Fsp3) is 0.400. The normalized spacial score (nSPS) is 19.6. The van der Waals surface area contributed by atoms with Crippen LogP contribution in [-0.2, 0) is 6.54 Å². The van der Waals surface area contributed by atoms with Crippen molar-refractivity contribution in [3.63, 3.8) is 0 Å². The fourth-order valence-corrected chi connectivity index (χ4v) is 3.52. The molecular weight excluding hydrogens is 290 g/mol. The van der Waals surface area contributed by atoms with Crippen LogP contribution in [0.15, 0.2) is 36.0 Å². The third-order valence-corrected chi connectivity index (χ3v) is 4.75. The number of aromatic nitrogens is 1. The van der Waals surface area contributed by atoms with Crippen LogP contribution < -0.4 is 5.32 Å². The molecule has 2 aromatic rings. The molecule has 3 nitrogen and oxygen atoms in total. The highest BCUT2D eigenvalue weighted by molar-refractivity contribution is 7.10. The number of nitrogens with zero attached hydrogens (tertiary/aromatic N) is 2. The summed E-state index contributed by atoms with van der Waals surface area (Å²) < 4.78 is 0. The molecule has 3 rings (SSSR count). The Morgan fingerprint density at radius 1 is 1.45 bits per heavy atom. The van der Waals surface area contributed by atoms with Crippen LogP contribution in [0.2, 0.25) is 0 Å². The van der Waals surface area contributed by atoms with E-state index in [-0.39, 0.29) is 12.4 Å². The topological polar surface area (TPSA) is 28.2 Å². The van der Waals surface area contributed by atoms with Crippen molar-refractivity contribution in [3.05, 3.63) is 52.0 Å². The van der Waals surface area contributed by atoms with E-state index in [0.29, 0.717) is 6.04 Å². The van der Waals surface area contributed by atoms with E-state index in [2.05, 4.69) is 39.6 Å². The molecule has 0 aliphatic carbocycles. The van der Waals surface area contributed by atoms with E-state index in [1.807, 2.05) is 29.8 Å². The van der Waals surface area contributed by atoms with E-state index >= 15 is 0 Å². The van der Waals surface area contributed by atoms with Gasteiger partial charge in [0.05, 0.1) is 0 Å². The van der Waals surface area contributed by atoms with E-state index in [9.17, 15) is 0 Å². The monoisotopic (exact) mass is 309 g/mol. The number of rotatable bonds is 3. The smallest absolute Gasteiger partial charge is 0.0492 e. The number of nitrogens with one attached hydrogen (secondary N) is 1. The number of piperazine rings is 1. The molecule has 108 valence electrons. The molecule has 5 heteroatoms. The Labute approximate surface area is 130 Å². The Kier molecular flexibility index (Phi) is 5.54. The maximum Gasteiger partial charge on any atom is 0.0492 e. The van der Waals surface area contributed by atoms with Crippen LogP contribution in [0, 0.1) is 6.92 Å². The first-order valence-corrected chi connectivity index (χ1v) is 7.60. The third-order valence-electron chi connectivity index (χ3n) is 3.74. The van der Waals surface area contributed by atoms with Gasteiger partial charge in [-0.15, -0.1) is 23.7 Å². The number of pyridine rings is 1. The molecule has 0 amide bonds. The molecular formula is C15H20ClN3S. The molecule has 3 heterocycles. The third kappa shape index (κ3) is 3.38. The van der Waals surface area contributed by atoms with Gasteiger partial charge in [0.25, 0.3) is 0 Å². The predicted molar refractivity (Wildman–Crippen MR) is 86.6 cm³/mol. The first-order valence-electron chi connectivity index (χ1n) is 6.72. The van der Waals surface area contributed by atoms with Gasteiger partial charge in [0.1, 0.15) is 0 Å². The molecule has 0 saturated carbocycles. The highest BCUT2D eigenvalue weighted by Gasteiger charge is 2.24. The molecule has 2 aromatic heterocycles. The Morgan fingerprint density at radius 2 is 2.35 bits per heavy atom. The van der Waals surface area contributed by atoms with Gasteiger partial charge < -0.3 is 5.32 Å². The molecule has 0 radical (unpaired) electrons. The molecule has 1 N–H and O–H groups in total. The Hall–Kier alpha value is -0.940. The zero-order chi connectivity index (χ0) is 13.1. The van der Waals surface area contributed by atoms with Crippen molar-refractivity contribution in [3.8, 4) is 0 Å². The Morgan fingerprint density at radius 3 is 3.05 bits per heavy atom. The lowest BCUT2D eigenvalue weighted by atomic mass is 10.1. The summed E-state index contributed by atoms with van der Waals surface area (Å²) in [6.07, 6.45) is 3.83. The summed E-state index contributed by atoms with van der Waals surface area (Å²) in [7, 11) is 0. The van der Waals surface area contributed by atoms with Gasteiger partial charge in [0.2, 0.25) is 0 Å². The molecule has 0 bridgehead atoms. The average Bonchev–Trinajstić information content (AvgIpc) is 2.86. The highest BCUT2D eigenvalue weighted by atomic mass is 35.5. The van der Waals surface area contributed by atoms with Crippen LogP contribution in [0.5, 0.6) is 0 Å². The second kappa shape index (κ2) is 7.18. The summed E-state index contributed by atoms with van der Waals surface area (Å²) in [6, 6.07) is 6.85. The zero-order valence-electron chi connectivity index (χ0n) is 11.6. The van der Waals surface area contributed by atoms with Gasteiger partial charge in [-0.3, -0.25) is 9.88 Å². The summed E-state index contributed by atoms with van der Waals surface area (Å²) in [5.41, 5.74) is 2.72. The van der Waals surface area contributed by atoms with Crippen molar-refractivity contribution < 1.29 is 0 Å². The van der Waals surface area contributed by atoms with Gasteiger partial charge in [-0.05, 0) is 35.6 Å². The number of hydrogen-bond donors (Lipinski definition) is 1. The van der Waals surface area contributed by atoms with Crippen molar-refractivity contribution in [2.75, 3.05) is 19.6 Å². The molecule has 1 atom stereocenters. The quantitative estimate of drug-likeness (QED) is 0.944. The number of aryl methyl sites for hydroxylation is 1. The second-order valence-electron chi connectivity index (χ2n) is 5.00. The lowest BCUT2D eigenvalue weighted by Gasteiger charge is -2.36. The number of thiophene rings is 1. The maximum absolute atomic E-state index is 4.26. The summed E-state index contributed by atoms with van der Waals surface area (Å²) in [5.74, 6) is 0.